The first kappa shape index (κ1) is 14.4. The minimum Gasteiger partial charge on any atom is -0.496 e. The summed E-state index contributed by atoms with van der Waals surface area (Å²) < 4.78 is 6.21. The first-order valence-corrected chi connectivity index (χ1v) is 7.29. The molecule has 0 radical (unpaired) electrons. The highest BCUT2D eigenvalue weighted by molar-refractivity contribution is 9.10. The highest BCUT2D eigenvalue weighted by Crippen LogP contribution is 2.22. The van der Waals surface area contributed by atoms with E-state index in [2.05, 4.69) is 21.2 Å². The zero-order chi connectivity index (χ0) is 12.8. The number of hydrogen-bond donors (Lipinski definition) is 1. The Morgan fingerprint density at radius 2 is 2.29 bits per heavy atom. The van der Waals surface area contributed by atoms with Crippen LogP contribution in [0.3, 0.4) is 0 Å². The van der Waals surface area contributed by atoms with Crippen LogP contribution in [-0.4, -0.2) is 24.5 Å². The largest absolute Gasteiger partial charge is 0.496 e. The highest BCUT2D eigenvalue weighted by Gasteiger charge is 2.11. The van der Waals surface area contributed by atoms with Gasteiger partial charge in [-0.1, -0.05) is 15.9 Å². The van der Waals surface area contributed by atoms with Crippen LogP contribution in [0.15, 0.2) is 22.7 Å². The molecule has 1 amide bonds. The molecule has 1 atom stereocenters. The van der Waals surface area contributed by atoms with Gasteiger partial charge in [-0.15, -0.1) is 0 Å². The second-order valence-electron chi connectivity index (χ2n) is 3.55. The minimum absolute atomic E-state index is 0.0341. The quantitative estimate of drug-likeness (QED) is 0.907. The van der Waals surface area contributed by atoms with Crippen molar-refractivity contribution in [3.8, 4) is 5.75 Å². The first-order chi connectivity index (χ1) is 8.08. The summed E-state index contributed by atoms with van der Waals surface area (Å²) in [5.41, 5.74) is 0.962. The molecule has 0 aromatic heterocycles. The summed E-state index contributed by atoms with van der Waals surface area (Å²) in [5.74, 6) is 0.824. The molecule has 1 rings (SSSR count). The molecule has 1 aromatic carbocycles. The van der Waals surface area contributed by atoms with E-state index in [-0.39, 0.29) is 11.2 Å². The van der Waals surface area contributed by atoms with Crippen molar-refractivity contribution in [1.82, 2.24) is 5.32 Å². The third-order valence-corrected chi connectivity index (χ3v) is 3.83. The summed E-state index contributed by atoms with van der Waals surface area (Å²) in [4.78, 5) is 11.6. The number of carbonyl (C=O) groups excluding carboxylic acids is 1. The van der Waals surface area contributed by atoms with Gasteiger partial charge in [0.1, 0.15) is 5.75 Å². The lowest BCUT2D eigenvalue weighted by Gasteiger charge is -2.12. The summed E-state index contributed by atoms with van der Waals surface area (Å²) in [7, 11) is 1.62. The van der Waals surface area contributed by atoms with E-state index in [0.717, 1.165) is 15.8 Å². The monoisotopic (exact) mass is 317 g/mol. The van der Waals surface area contributed by atoms with E-state index in [1.165, 1.54) is 11.8 Å². The average Bonchev–Trinajstić information content (AvgIpc) is 2.35. The standard InChI is InChI=1S/C12H16BrNO2S/c1-8(17-3)12(15)14-7-9-6-10(13)4-5-11(9)16-2/h4-6,8H,7H2,1-3H3,(H,14,15)/t8-/m1/s1. The normalized spacial score (nSPS) is 12.0. The fourth-order valence-corrected chi connectivity index (χ4v) is 2.02. The summed E-state index contributed by atoms with van der Waals surface area (Å²) in [6.45, 7) is 2.37. The maximum absolute atomic E-state index is 11.6. The zero-order valence-corrected chi connectivity index (χ0v) is 12.5. The van der Waals surface area contributed by atoms with Gasteiger partial charge in [-0.3, -0.25) is 4.79 Å². The second-order valence-corrected chi connectivity index (χ2v) is 5.65. The number of thioether (sulfide) groups is 1. The Morgan fingerprint density at radius 3 is 2.88 bits per heavy atom. The number of carbonyl (C=O) groups is 1. The van der Waals surface area contributed by atoms with Crippen molar-refractivity contribution in [3.63, 3.8) is 0 Å². The molecule has 1 aromatic rings. The molecule has 0 unspecified atom stereocenters. The number of methoxy groups -OCH3 is 1. The lowest BCUT2D eigenvalue weighted by Crippen LogP contribution is -2.30. The van der Waals surface area contributed by atoms with E-state index in [1.54, 1.807) is 7.11 Å². The number of rotatable bonds is 5. The lowest BCUT2D eigenvalue weighted by atomic mass is 10.2. The fourth-order valence-electron chi connectivity index (χ4n) is 1.32. The van der Waals surface area contributed by atoms with Crippen molar-refractivity contribution in [2.24, 2.45) is 0 Å². The smallest absolute Gasteiger partial charge is 0.233 e. The van der Waals surface area contributed by atoms with Crippen LogP contribution in [0, 0.1) is 0 Å². The summed E-state index contributed by atoms with van der Waals surface area (Å²) >= 11 is 4.93. The van der Waals surface area contributed by atoms with Crippen LogP contribution < -0.4 is 10.1 Å². The molecule has 0 saturated carbocycles. The molecule has 0 aliphatic heterocycles. The molecular formula is C12H16BrNO2S. The molecule has 1 N–H and O–H groups in total. The molecule has 94 valence electrons. The summed E-state index contributed by atoms with van der Waals surface area (Å²) in [5, 5.41) is 2.86. The van der Waals surface area contributed by atoms with E-state index in [0.29, 0.717) is 6.54 Å². The van der Waals surface area contributed by atoms with Crippen molar-refractivity contribution in [1.29, 1.82) is 0 Å². The van der Waals surface area contributed by atoms with E-state index in [9.17, 15) is 4.79 Å². The zero-order valence-electron chi connectivity index (χ0n) is 10.1. The molecule has 0 bridgehead atoms. The van der Waals surface area contributed by atoms with Crippen LogP contribution in [0.4, 0.5) is 0 Å². The Labute approximate surface area is 114 Å². The summed E-state index contributed by atoms with van der Waals surface area (Å²) in [6.07, 6.45) is 1.92. The highest BCUT2D eigenvalue weighted by atomic mass is 79.9. The Balaban J connectivity index is 2.68. The topological polar surface area (TPSA) is 38.3 Å². The van der Waals surface area contributed by atoms with Gasteiger partial charge >= 0.3 is 0 Å². The van der Waals surface area contributed by atoms with Gasteiger partial charge in [0.05, 0.1) is 12.4 Å². The molecule has 0 spiro atoms. The van der Waals surface area contributed by atoms with Gasteiger partial charge in [0, 0.05) is 16.6 Å². The van der Waals surface area contributed by atoms with Crippen molar-refractivity contribution in [2.75, 3.05) is 13.4 Å². The first-order valence-electron chi connectivity index (χ1n) is 5.21. The predicted octanol–water partition coefficient (Wildman–Crippen LogP) is 2.83. The number of amides is 1. The molecule has 0 saturated heterocycles. The van der Waals surface area contributed by atoms with E-state index < -0.39 is 0 Å². The fraction of sp³-hybridized carbons (Fsp3) is 0.417. The van der Waals surface area contributed by atoms with Gasteiger partial charge in [-0.05, 0) is 31.4 Å². The van der Waals surface area contributed by atoms with Crippen LogP contribution in [0.1, 0.15) is 12.5 Å². The van der Waals surface area contributed by atoms with Crippen molar-refractivity contribution >= 4 is 33.6 Å². The van der Waals surface area contributed by atoms with Crippen molar-refractivity contribution in [2.45, 2.75) is 18.7 Å². The molecule has 0 fully saturated rings. The van der Waals surface area contributed by atoms with Gasteiger partial charge in [-0.2, -0.15) is 11.8 Å². The number of benzene rings is 1. The molecule has 0 aliphatic carbocycles. The number of ether oxygens (including phenoxy) is 1. The third-order valence-electron chi connectivity index (χ3n) is 2.42. The van der Waals surface area contributed by atoms with Crippen LogP contribution >= 0.6 is 27.7 Å². The van der Waals surface area contributed by atoms with E-state index in [1.807, 2.05) is 31.4 Å². The SMILES string of the molecule is COc1ccc(Br)cc1CNC(=O)[C@@H](C)SC. The Kier molecular flexibility index (Phi) is 5.85. The molecular weight excluding hydrogens is 302 g/mol. The molecule has 5 heteroatoms. The molecule has 3 nitrogen and oxygen atoms in total. The maximum Gasteiger partial charge on any atom is 0.233 e. The average molecular weight is 318 g/mol. The Hall–Kier alpha value is -0.680. The van der Waals surface area contributed by atoms with Gasteiger partial charge in [-0.25, -0.2) is 0 Å². The van der Waals surface area contributed by atoms with Crippen molar-refractivity contribution < 1.29 is 9.53 Å². The number of halogens is 1. The van der Waals surface area contributed by atoms with Gasteiger partial charge < -0.3 is 10.1 Å². The third kappa shape index (κ3) is 4.24. The molecule has 0 aliphatic rings. The lowest BCUT2D eigenvalue weighted by molar-refractivity contribution is -0.120. The van der Waals surface area contributed by atoms with Crippen LogP contribution in [0.25, 0.3) is 0 Å². The Morgan fingerprint density at radius 1 is 1.59 bits per heavy atom. The number of nitrogens with one attached hydrogen (secondary N) is 1. The van der Waals surface area contributed by atoms with E-state index in [4.69, 9.17) is 4.74 Å². The van der Waals surface area contributed by atoms with E-state index >= 15 is 0 Å². The minimum atomic E-state index is -0.0341. The van der Waals surface area contributed by atoms with Crippen molar-refractivity contribution in [3.05, 3.63) is 28.2 Å². The Bertz CT molecular complexity index is 398. The van der Waals surface area contributed by atoms with Crippen LogP contribution in [0.2, 0.25) is 0 Å². The summed E-state index contributed by atoms with van der Waals surface area (Å²) in [6, 6.07) is 5.74. The van der Waals surface area contributed by atoms with Gasteiger partial charge in [0.25, 0.3) is 0 Å². The number of hydrogen-bond acceptors (Lipinski definition) is 3. The maximum atomic E-state index is 11.6. The van der Waals surface area contributed by atoms with Crippen LogP contribution in [0.5, 0.6) is 5.75 Å². The van der Waals surface area contributed by atoms with Gasteiger partial charge in [0.15, 0.2) is 0 Å². The van der Waals surface area contributed by atoms with Crippen LogP contribution in [-0.2, 0) is 11.3 Å². The molecule has 17 heavy (non-hydrogen) atoms. The molecule has 0 heterocycles. The van der Waals surface area contributed by atoms with Gasteiger partial charge in [0.2, 0.25) is 5.91 Å². The second kappa shape index (κ2) is 6.91. The predicted molar refractivity (Wildman–Crippen MR) is 75.5 cm³/mol.